The maximum atomic E-state index is 5.98. The number of nitrogens with zero attached hydrogens (tertiary/aromatic N) is 2. The van der Waals surface area contributed by atoms with Gasteiger partial charge in [-0.05, 0) is 44.7 Å². The van der Waals surface area contributed by atoms with Gasteiger partial charge in [0, 0.05) is 4.88 Å². The van der Waals surface area contributed by atoms with E-state index in [1.165, 1.54) is 4.88 Å². The summed E-state index contributed by atoms with van der Waals surface area (Å²) in [5, 5.41) is 11.5. The van der Waals surface area contributed by atoms with Gasteiger partial charge in [0.05, 0.1) is 21.8 Å². The Morgan fingerprint density at radius 3 is 2.65 bits per heavy atom. The van der Waals surface area contributed by atoms with E-state index in [2.05, 4.69) is 21.6 Å². The van der Waals surface area contributed by atoms with Crippen molar-refractivity contribution >= 4 is 22.9 Å². The molecule has 1 atom stereocenters. The van der Waals surface area contributed by atoms with Crippen LogP contribution in [0.25, 0.3) is 0 Å². The monoisotopic (exact) mass is 267 g/mol. The Labute approximate surface area is 110 Å². The van der Waals surface area contributed by atoms with Crippen molar-refractivity contribution in [1.29, 1.82) is 0 Å². The van der Waals surface area contributed by atoms with Gasteiger partial charge in [-0.25, -0.2) is 0 Å². The number of hydrogen-bond donors (Lipinski definition) is 1. The molecule has 1 unspecified atom stereocenters. The fourth-order valence-electron chi connectivity index (χ4n) is 1.80. The molecule has 0 fully saturated rings. The zero-order valence-corrected chi connectivity index (χ0v) is 11.6. The molecule has 0 spiro atoms. The van der Waals surface area contributed by atoms with Crippen LogP contribution in [0.2, 0.25) is 4.34 Å². The summed E-state index contributed by atoms with van der Waals surface area (Å²) >= 11 is 7.57. The van der Waals surface area contributed by atoms with Crippen LogP contribution in [-0.2, 0) is 0 Å². The number of thiophene rings is 1. The lowest BCUT2D eigenvalue weighted by Gasteiger charge is -2.16. The first kappa shape index (κ1) is 12.5. The molecule has 0 saturated carbocycles. The first-order valence-electron chi connectivity index (χ1n) is 5.35. The summed E-state index contributed by atoms with van der Waals surface area (Å²) in [5.74, 6) is 0. The molecule has 0 bridgehead atoms. The van der Waals surface area contributed by atoms with Crippen molar-refractivity contribution in [2.45, 2.75) is 19.9 Å². The molecule has 2 heterocycles. The van der Waals surface area contributed by atoms with Crippen LogP contribution in [-0.4, -0.2) is 17.2 Å². The van der Waals surface area contributed by atoms with Crippen molar-refractivity contribution in [3.8, 4) is 0 Å². The van der Waals surface area contributed by atoms with Crippen LogP contribution >= 0.6 is 22.9 Å². The molecule has 0 aromatic carbocycles. The molecule has 1 N–H and O–H groups in total. The minimum Gasteiger partial charge on any atom is -0.309 e. The average Bonchev–Trinajstić information content (AvgIpc) is 2.71. The molecule has 2 rings (SSSR count). The van der Waals surface area contributed by atoms with Gasteiger partial charge in [0.25, 0.3) is 0 Å². The summed E-state index contributed by atoms with van der Waals surface area (Å²) in [5.41, 5.74) is 3.02. The van der Waals surface area contributed by atoms with Gasteiger partial charge in [-0.15, -0.1) is 11.3 Å². The van der Waals surface area contributed by atoms with Gasteiger partial charge >= 0.3 is 0 Å². The summed E-state index contributed by atoms with van der Waals surface area (Å²) in [6.07, 6.45) is 0. The van der Waals surface area contributed by atoms with E-state index in [0.29, 0.717) is 0 Å². The highest BCUT2D eigenvalue weighted by Gasteiger charge is 2.17. The van der Waals surface area contributed by atoms with E-state index in [1.807, 2.05) is 33.0 Å². The highest BCUT2D eigenvalue weighted by atomic mass is 35.5. The summed E-state index contributed by atoms with van der Waals surface area (Å²) in [7, 11) is 1.94. The van der Waals surface area contributed by atoms with Gasteiger partial charge in [0.15, 0.2) is 0 Å². The lowest BCUT2D eigenvalue weighted by molar-refractivity contribution is 0.686. The van der Waals surface area contributed by atoms with E-state index < -0.39 is 0 Å². The smallest absolute Gasteiger partial charge is 0.0931 e. The normalized spacial score (nSPS) is 12.7. The standard InChI is InChI=1S/C12H14ClN3S/c1-7-6-9(8(2)16-15-7)12(14-3)10-4-5-11(13)17-10/h4-6,12,14H,1-3H3. The Morgan fingerprint density at radius 1 is 1.29 bits per heavy atom. The topological polar surface area (TPSA) is 37.8 Å². The SMILES string of the molecule is CNC(c1ccc(Cl)s1)c1cc(C)nnc1C. The van der Waals surface area contributed by atoms with Crippen LogP contribution in [0.1, 0.15) is 27.9 Å². The Bertz CT molecular complexity index is 524. The Kier molecular flexibility index (Phi) is 3.76. The number of hydrogen-bond acceptors (Lipinski definition) is 4. The number of aromatic nitrogens is 2. The summed E-state index contributed by atoms with van der Waals surface area (Å²) in [6, 6.07) is 6.16. The molecule has 0 aliphatic heterocycles. The van der Waals surface area contributed by atoms with Crippen LogP contribution < -0.4 is 5.32 Å². The first-order chi connectivity index (χ1) is 8.11. The van der Waals surface area contributed by atoms with E-state index in [9.17, 15) is 0 Å². The Balaban J connectivity index is 2.45. The van der Waals surface area contributed by atoms with Gasteiger partial charge in [-0.3, -0.25) is 0 Å². The minimum atomic E-state index is 0.127. The van der Waals surface area contributed by atoms with Gasteiger partial charge in [0.1, 0.15) is 0 Å². The van der Waals surface area contributed by atoms with Gasteiger partial charge in [-0.2, -0.15) is 10.2 Å². The highest BCUT2D eigenvalue weighted by Crippen LogP contribution is 2.31. The van der Waals surface area contributed by atoms with Gasteiger partial charge in [-0.1, -0.05) is 11.6 Å². The lowest BCUT2D eigenvalue weighted by Crippen LogP contribution is -2.18. The number of rotatable bonds is 3. The third-order valence-electron chi connectivity index (χ3n) is 2.62. The molecule has 0 radical (unpaired) electrons. The summed E-state index contributed by atoms with van der Waals surface area (Å²) in [6.45, 7) is 3.92. The Morgan fingerprint density at radius 2 is 2.06 bits per heavy atom. The van der Waals surface area contributed by atoms with Crippen molar-refractivity contribution in [1.82, 2.24) is 15.5 Å². The fraction of sp³-hybridized carbons (Fsp3) is 0.333. The fourth-order valence-corrected chi connectivity index (χ4v) is 2.99. The summed E-state index contributed by atoms with van der Waals surface area (Å²) in [4.78, 5) is 1.19. The third-order valence-corrected chi connectivity index (χ3v) is 3.91. The van der Waals surface area contributed by atoms with Crippen LogP contribution in [0.5, 0.6) is 0 Å². The zero-order chi connectivity index (χ0) is 12.4. The second-order valence-electron chi connectivity index (χ2n) is 3.89. The van der Waals surface area contributed by atoms with E-state index in [4.69, 9.17) is 11.6 Å². The van der Waals surface area contributed by atoms with Crippen LogP contribution in [0.3, 0.4) is 0 Å². The molecule has 0 amide bonds. The van der Waals surface area contributed by atoms with Crippen molar-refractivity contribution in [2.24, 2.45) is 0 Å². The third kappa shape index (κ3) is 2.65. The van der Waals surface area contributed by atoms with E-state index in [1.54, 1.807) is 11.3 Å². The second-order valence-corrected chi connectivity index (χ2v) is 5.64. The van der Waals surface area contributed by atoms with Gasteiger partial charge < -0.3 is 5.32 Å². The Hall–Kier alpha value is -0.970. The first-order valence-corrected chi connectivity index (χ1v) is 6.54. The molecular formula is C12H14ClN3S. The number of aryl methyl sites for hydroxylation is 2. The quantitative estimate of drug-likeness (QED) is 0.929. The van der Waals surface area contributed by atoms with E-state index >= 15 is 0 Å². The number of halogens is 1. The highest BCUT2D eigenvalue weighted by molar-refractivity contribution is 7.16. The lowest BCUT2D eigenvalue weighted by atomic mass is 10.0. The molecule has 3 nitrogen and oxygen atoms in total. The van der Waals surface area contributed by atoms with Crippen molar-refractivity contribution in [2.75, 3.05) is 7.05 Å². The largest absolute Gasteiger partial charge is 0.309 e. The van der Waals surface area contributed by atoms with Crippen LogP contribution in [0.15, 0.2) is 18.2 Å². The molecule has 2 aromatic rings. The second kappa shape index (κ2) is 5.12. The predicted molar refractivity (Wildman–Crippen MR) is 71.7 cm³/mol. The summed E-state index contributed by atoms with van der Waals surface area (Å²) < 4.78 is 0.802. The molecule has 90 valence electrons. The molecule has 2 aromatic heterocycles. The van der Waals surface area contributed by atoms with Crippen molar-refractivity contribution in [3.63, 3.8) is 0 Å². The molecular weight excluding hydrogens is 254 g/mol. The maximum absolute atomic E-state index is 5.98. The van der Waals surface area contributed by atoms with Crippen LogP contribution in [0, 0.1) is 13.8 Å². The van der Waals surface area contributed by atoms with E-state index in [0.717, 1.165) is 21.3 Å². The number of nitrogens with one attached hydrogen (secondary N) is 1. The van der Waals surface area contributed by atoms with Crippen LogP contribution in [0.4, 0.5) is 0 Å². The maximum Gasteiger partial charge on any atom is 0.0931 e. The van der Waals surface area contributed by atoms with Crippen molar-refractivity contribution in [3.05, 3.63) is 44.4 Å². The molecule has 0 aliphatic carbocycles. The van der Waals surface area contributed by atoms with E-state index in [-0.39, 0.29) is 6.04 Å². The van der Waals surface area contributed by atoms with Crippen molar-refractivity contribution < 1.29 is 0 Å². The molecule has 0 aliphatic rings. The minimum absolute atomic E-state index is 0.127. The average molecular weight is 268 g/mol. The molecule has 5 heteroatoms. The zero-order valence-electron chi connectivity index (χ0n) is 9.99. The molecule has 17 heavy (non-hydrogen) atoms. The van der Waals surface area contributed by atoms with Gasteiger partial charge in [0.2, 0.25) is 0 Å². The molecule has 0 saturated heterocycles. The predicted octanol–water partition coefficient (Wildman–Crippen LogP) is 3.12.